The molecule has 0 fully saturated rings. The van der Waals surface area contributed by atoms with Crippen LogP contribution in [0.3, 0.4) is 0 Å². The Morgan fingerprint density at radius 3 is 2.76 bits per heavy atom. The quantitative estimate of drug-likeness (QED) is 0.424. The number of amides is 1. The predicted octanol–water partition coefficient (Wildman–Crippen LogP) is 4.29. The highest BCUT2D eigenvalue weighted by Crippen LogP contribution is 2.23. The van der Waals surface area contributed by atoms with E-state index in [1.165, 1.54) is 11.8 Å². The molecule has 0 atom stereocenters. The fraction of sp³-hybridized carbons (Fsp3) is 0.100. The number of methoxy groups -OCH3 is 1. The van der Waals surface area contributed by atoms with Crippen LogP contribution in [-0.4, -0.2) is 38.6 Å². The van der Waals surface area contributed by atoms with Gasteiger partial charge in [-0.15, -0.1) is 10.2 Å². The molecule has 0 bridgehead atoms. The molecular formula is C20H16BrN5O2S. The number of carbonyl (C=O) groups excluding carboxylic acids is 1. The highest BCUT2D eigenvalue weighted by molar-refractivity contribution is 9.10. The lowest BCUT2D eigenvalue weighted by Crippen LogP contribution is -2.14. The maximum Gasteiger partial charge on any atom is 0.234 e. The monoisotopic (exact) mass is 469 g/mol. The van der Waals surface area contributed by atoms with E-state index in [1.54, 1.807) is 17.7 Å². The summed E-state index contributed by atoms with van der Waals surface area (Å²) in [5.41, 5.74) is 3.08. The van der Waals surface area contributed by atoms with Crippen LogP contribution in [0.25, 0.3) is 16.9 Å². The Kier molecular flexibility index (Phi) is 5.77. The summed E-state index contributed by atoms with van der Waals surface area (Å²) in [7, 11) is 1.59. The first kappa shape index (κ1) is 19.4. The summed E-state index contributed by atoms with van der Waals surface area (Å²) in [6, 6.07) is 18.9. The van der Waals surface area contributed by atoms with Crippen molar-refractivity contribution in [2.75, 3.05) is 18.2 Å². The van der Waals surface area contributed by atoms with Gasteiger partial charge in [0.05, 0.1) is 18.6 Å². The van der Waals surface area contributed by atoms with Crippen LogP contribution in [0.5, 0.6) is 5.75 Å². The number of anilines is 1. The molecule has 7 nitrogen and oxygen atoms in total. The summed E-state index contributed by atoms with van der Waals surface area (Å²) in [5, 5.41) is 16.3. The fourth-order valence-electron chi connectivity index (χ4n) is 2.66. The molecule has 2 aromatic carbocycles. The van der Waals surface area contributed by atoms with Crippen molar-refractivity contribution in [3.63, 3.8) is 0 Å². The lowest BCUT2D eigenvalue weighted by atomic mass is 10.1. The molecular weight excluding hydrogens is 454 g/mol. The Bertz CT molecular complexity index is 1160. The standard InChI is InChI=1S/C20H16BrN5O2S/c1-28-16-4-2-3-15(11-16)22-19(27)12-29-20-24-23-18-10-9-17(25-26(18)20)13-5-7-14(21)8-6-13/h2-11H,12H2,1H3,(H,22,27). The summed E-state index contributed by atoms with van der Waals surface area (Å²) in [5.74, 6) is 0.718. The van der Waals surface area contributed by atoms with Crippen molar-refractivity contribution in [2.24, 2.45) is 0 Å². The van der Waals surface area contributed by atoms with E-state index >= 15 is 0 Å². The average Bonchev–Trinajstić information content (AvgIpc) is 3.15. The SMILES string of the molecule is COc1cccc(NC(=O)CSc2nnc3ccc(-c4ccc(Br)cc4)nn23)c1. The number of nitrogens with zero attached hydrogens (tertiary/aromatic N) is 4. The second kappa shape index (κ2) is 8.62. The molecule has 0 unspecified atom stereocenters. The first-order valence-corrected chi connectivity index (χ1v) is 10.5. The van der Waals surface area contributed by atoms with Gasteiger partial charge in [0.25, 0.3) is 0 Å². The summed E-state index contributed by atoms with van der Waals surface area (Å²) in [4.78, 5) is 12.3. The predicted molar refractivity (Wildman–Crippen MR) is 116 cm³/mol. The zero-order valence-corrected chi connectivity index (χ0v) is 17.8. The Morgan fingerprint density at radius 1 is 1.14 bits per heavy atom. The van der Waals surface area contributed by atoms with Crippen molar-refractivity contribution >= 4 is 44.9 Å². The molecule has 1 N–H and O–H groups in total. The first-order valence-electron chi connectivity index (χ1n) is 8.67. The number of benzene rings is 2. The molecule has 146 valence electrons. The number of hydrogen-bond acceptors (Lipinski definition) is 6. The number of nitrogens with one attached hydrogen (secondary N) is 1. The summed E-state index contributed by atoms with van der Waals surface area (Å²) in [6.07, 6.45) is 0. The van der Waals surface area contributed by atoms with Crippen molar-refractivity contribution in [3.05, 3.63) is 65.1 Å². The Balaban J connectivity index is 1.48. The molecule has 0 aliphatic heterocycles. The van der Waals surface area contributed by atoms with Crippen molar-refractivity contribution in [2.45, 2.75) is 5.16 Å². The summed E-state index contributed by atoms with van der Waals surface area (Å²) in [6.45, 7) is 0. The van der Waals surface area contributed by atoms with E-state index in [4.69, 9.17) is 4.74 Å². The third-order valence-corrected chi connectivity index (χ3v) is 5.51. The van der Waals surface area contributed by atoms with Crippen molar-refractivity contribution < 1.29 is 9.53 Å². The van der Waals surface area contributed by atoms with E-state index in [2.05, 4.69) is 36.5 Å². The zero-order valence-electron chi connectivity index (χ0n) is 15.4. The second-order valence-corrected chi connectivity index (χ2v) is 7.91. The molecule has 0 aliphatic rings. The molecule has 0 spiro atoms. The van der Waals surface area contributed by atoms with E-state index < -0.39 is 0 Å². The van der Waals surface area contributed by atoms with Gasteiger partial charge < -0.3 is 10.1 Å². The van der Waals surface area contributed by atoms with Gasteiger partial charge in [-0.2, -0.15) is 9.61 Å². The molecule has 2 heterocycles. The number of thioether (sulfide) groups is 1. The highest BCUT2D eigenvalue weighted by Gasteiger charge is 2.12. The molecule has 9 heteroatoms. The van der Waals surface area contributed by atoms with Gasteiger partial charge in [-0.05, 0) is 36.4 Å². The Hall–Kier alpha value is -2.91. The Morgan fingerprint density at radius 2 is 1.97 bits per heavy atom. The largest absolute Gasteiger partial charge is 0.497 e. The smallest absolute Gasteiger partial charge is 0.234 e. The van der Waals surface area contributed by atoms with Gasteiger partial charge >= 0.3 is 0 Å². The zero-order chi connectivity index (χ0) is 20.2. The van der Waals surface area contributed by atoms with Crippen molar-refractivity contribution in [3.8, 4) is 17.0 Å². The molecule has 4 aromatic rings. The van der Waals surface area contributed by atoms with Crippen molar-refractivity contribution in [1.29, 1.82) is 0 Å². The number of hydrogen-bond donors (Lipinski definition) is 1. The number of fused-ring (bicyclic) bond motifs is 1. The van der Waals surface area contributed by atoms with Gasteiger partial charge in [0, 0.05) is 21.8 Å². The highest BCUT2D eigenvalue weighted by atomic mass is 79.9. The molecule has 0 radical (unpaired) electrons. The molecule has 0 aliphatic carbocycles. The molecule has 1 amide bonds. The van der Waals surface area contributed by atoms with Gasteiger partial charge in [-0.1, -0.05) is 45.9 Å². The maximum atomic E-state index is 12.3. The van der Waals surface area contributed by atoms with Crippen LogP contribution in [-0.2, 0) is 4.79 Å². The van der Waals surface area contributed by atoms with E-state index in [0.717, 1.165) is 15.7 Å². The van der Waals surface area contributed by atoms with Crippen LogP contribution in [0, 0.1) is 0 Å². The van der Waals surface area contributed by atoms with E-state index in [-0.39, 0.29) is 11.7 Å². The first-order chi connectivity index (χ1) is 14.1. The van der Waals surface area contributed by atoms with E-state index in [9.17, 15) is 4.79 Å². The fourth-order valence-corrected chi connectivity index (χ4v) is 3.61. The van der Waals surface area contributed by atoms with E-state index in [0.29, 0.717) is 22.2 Å². The third-order valence-electron chi connectivity index (χ3n) is 4.06. The van der Waals surface area contributed by atoms with Gasteiger partial charge in [0.1, 0.15) is 5.75 Å². The topological polar surface area (TPSA) is 81.4 Å². The number of halogens is 1. The molecule has 0 saturated carbocycles. The van der Waals surface area contributed by atoms with Gasteiger partial charge in [-0.25, -0.2) is 0 Å². The van der Waals surface area contributed by atoms with Gasteiger partial charge in [0.2, 0.25) is 11.1 Å². The minimum absolute atomic E-state index is 0.149. The van der Waals surface area contributed by atoms with Crippen LogP contribution in [0.15, 0.2) is 70.3 Å². The van der Waals surface area contributed by atoms with Gasteiger partial charge in [0.15, 0.2) is 5.65 Å². The maximum absolute atomic E-state index is 12.3. The van der Waals surface area contributed by atoms with Crippen LogP contribution >= 0.6 is 27.7 Å². The minimum atomic E-state index is -0.149. The number of carbonyl (C=O) groups is 1. The lowest BCUT2D eigenvalue weighted by molar-refractivity contribution is -0.113. The van der Waals surface area contributed by atoms with Crippen LogP contribution in [0.2, 0.25) is 0 Å². The second-order valence-electron chi connectivity index (χ2n) is 6.05. The lowest BCUT2D eigenvalue weighted by Gasteiger charge is -2.06. The van der Waals surface area contributed by atoms with E-state index in [1.807, 2.05) is 54.6 Å². The molecule has 0 saturated heterocycles. The van der Waals surface area contributed by atoms with Crippen LogP contribution in [0.4, 0.5) is 5.69 Å². The number of ether oxygens (including phenoxy) is 1. The Labute approximate surface area is 179 Å². The normalized spacial score (nSPS) is 10.8. The third kappa shape index (κ3) is 4.57. The van der Waals surface area contributed by atoms with Crippen LogP contribution < -0.4 is 10.1 Å². The number of aromatic nitrogens is 4. The van der Waals surface area contributed by atoms with Crippen LogP contribution in [0.1, 0.15) is 0 Å². The molecule has 29 heavy (non-hydrogen) atoms. The molecule has 4 rings (SSSR count). The van der Waals surface area contributed by atoms with Gasteiger partial charge in [-0.3, -0.25) is 4.79 Å². The summed E-state index contributed by atoms with van der Waals surface area (Å²) < 4.78 is 7.83. The van der Waals surface area contributed by atoms with Crippen molar-refractivity contribution in [1.82, 2.24) is 19.8 Å². The molecule has 2 aromatic heterocycles. The minimum Gasteiger partial charge on any atom is -0.497 e. The average molecular weight is 470 g/mol. The summed E-state index contributed by atoms with van der Waals surface area (Å²) >= 11 is 4.71. The number of rotatable bonds is 6.